The van der Waals surface area contributed by atoms with E-state index in [-0.39, 0.29) is 12.0 Å². The molecule has 0 fully saturated rings. The quantitative estimate of drug-likeness (QED) is 0.118. The fourth-order valence-corrected chi connectivity index (χ4v) is 8.43. The van der Waals surface area contributed by atoms with Crippen LogP contribution in [-0.4, -0.2) is 26.8 Å². The van der Waals surface area contributed by atoms with Crippen molar-refractivity contribution >= 4 is 49.9 Å². The van der Waals surface area contributed by atoms with Crippen LogP contribution in [0.25, 0.3) is 26.8 Å². The van der Waals surface area contributed by atoms with Gasteiger partial charge in [-0.1, -0.05) is 101 Å². The van der Waals surface area contributed by atoms with Gasteiger partial charge in [-0.05, 0) is 58.9 Å². The average Bonchev–Trinajstić information content (AvgIpc) is 3.76. The summed E-state index contributed by atoms with van der Waals surface area (Å²) in [7, 11) is 0. The van der Waals surface area contributed by atoms with Crippen LogP contribution in [0.2, 0.25) is 0 Å². The Hall–Kier alpha value is -3.39. The molecule has 4 heteroatoms. The number of fused-ring (bicyclic) bond motifs is 4. The maximum atomic E-state index is 6.24. The zero-order valence-corrected chi connectivity index (χ0v) is 26.9. The summed E-state index contributed by atoms with van der Waals surface area (Å²) in [6, 6.07) is 10.9. The van der Waals surface area contributed by atoms with E-state index in [1.807, 2.05) is 11.8 Å². The van der Waals surface area contributed by atoms with Gasteiger partial charge < -0.3 is 9.47 Å². The van der Waals surface area contributed by atoms with E-state index >= 15 is 0 Å². The second-order valence-electron chi connectivity index (χ2n) is 11.4. The lowest BCUT2D eigenvalue weighted by molar-refractivity contribution is 0.309. The van der Waals surface area contributed by atoms with Crippen molar-refractivity contribution in [3.8, 4) is 12.3 Å². The minimum Gasteiger partial charge on any atom is -0.349 e. The summed E-state index contributed by atoms with van der Waals surface area (Å²) < 4.78 is 3.55. The molecule has 0 saturated carbocycles. The van der Waals surface area contributed by atoms with E-state index in [1.54, 1.807) is 11.3 Å². The standard InChI is InChI=1S/C38H42N2S2/c1-8-29(27(6)18-19-28(7)39-34-16-12-11-15-32(34)38-35(39)22-24-42-38)20-21-30(9-2)40-33(17-13-14-26(4)5)31(10-3)37-36(40)23-25-41-37/h2,11-16,18-26,29-30,36-37H,6-8,10,17H2,1,3-5H3/b14-13-,19-18-,21-20-. The normalized spacial score (nSPS) is 20.2. The van der Waals surface area contributed by atoms with Crippen molar-refractivity contribution in [1.82, 2.24) is 9.47 Å². The molecule has 0 saturated heterocycles. The molecule has 0 spiro atoms. The van der Waals surface area contributed by atoms with Crippen molar-refractivity contribution in [1.29, 1.82) is 0 Å². The van der Waals surface area contributed by atoms with Gasteiger partial charge in [0, 0.05) is 29.1 Å². The molecule has 0 radical (unpaired) electrons. The Labute approximate surface area is 260 Å². The molecule has 4 unspecified atom stereocenters. The van der Waals surface area contributed by atoms with Crippen LogP contribution in [0.15, 0.2) is 114 Å². The number of rotatable bonds is 12. The van der Waals surface area contributed by atoms with Crippen LogP contribution in [-0.2, 0) is 0 Å². The van der Waals surface area contributed by atoms with Gasteiger partial charge in [0.05, 0.1) is 27.0 Å². The van der Waals surface area contributed by atoms with E-state index in [0.29, 0.717) is 17.2 Å². The summed E-state index contributed by atoms with van der Waals surface area (Å²) >= 11 is 3.71. The summed E-state index contributed by atoms with van der Waals surface area (Å²) in [4.78, 5) is 2.50. The zero-order chi connectivity index (χ0) is 29.8. The van der Waals surface area contributed by atoms with E-state index in [2.05, 4.69) is 140 Å². The summed E-state index contributed by atoms with van der Waals surface area (Å²) in [5.41, 5.74) is 7.31. The predicted molar refractivity (Wildman–Crippen MR) is 189 cm³/mol. The monoisotopic (exact) mass is 590 g/mol. The molecule has 0 N–H and O–H groups in total. The molecule has 2 aliphatic heterocycles. The van der Waals surface area contributed by atoms with E-state index in [1.165, 1.54) is 32.4 Å². The molecule has 2 nitrogen and oxygen atoms in total. The molecule has 5 rings (SSSR count). The Morgan fingerprint density at radius 2 is 1.88 bits per heavy atom. The van der Waals surface area contributed by atoms with Crippen LogP contribution in [0.5, 0.6) is 0 Å². The zero-order valence-electron chi connectivity index (χ0n) is 25.3. The molecule has 1 aromatic carbocycles. The minimum atomic E-state index is -0.105. The molecular formula is C38H42N2S2. The van der Waals surface area contributed by atoms with Crippen molar-refractivity contribution < 1.29 is 0 Å². The highest BCUT2D eigenvalue weighted by molar-refractivity contribution is 8.03. The average molecular weight is 591 g/mol. The predicted octanol–water partition coefficient (Wildman–Crippen LogP) is 10.6. The van der Waals surface area contributed by atoms with E-state index in [9.17, 15) is 0 Å². The van der Waals surface area contributed by atoms with E-state index in [4.69, 9.17) is 6.42 Å². The van der Waals surface area contributed by atoms with Crippen molar-refractivity contribution in [3.05, 3.63) is 114 Å². The third-order valence-corrected chi connectivity index (χ3v) is 10.4. The van der Waals surface area contributed by atoms with Crippen LogP contribution in [0, 0.1) is 24.2 Å². The number of thiophene rings is 1. The first-order chi connectivity index (χ1) is 20.4. The first-order valence-corrected chi connectivity index (χ1v) is 16.9. The summed E-state index contributed by atoms with van der Waals surface area (Å²) in [6.45, 7) is 17.8. The Bertz CT molecular complexity index is 1660. The van der Waals surface area contributed by atoms with Crippen molar-refractivity contribution in [2.45, 2.75) is 64.3 Å². The lowest BCUT2D eigenvalue weighted by Crippen LogP contribution is -2.39. The Morgan fingerprint density at radius 1 is 1.07 bits per heavy atom. The molecule has 0 aliphatic carbocycles. The summed E-state index contributed by atoms with van der Waals surface area (Å²) in [6.07, 6.45) is 24.8. The van der Waals surface area contributed by atoms with Gasteiger partial charge in [0.25, 0.3) is 0 Å². The van der Waals surface area contributed by atoms with Gasteiger partial charge in [-0.3, -0.25) is 0 Å². The van der Waals surface area contributed by atoms with Gasteiger partial charge in [0.15, 0.2) is 0 Å². The molecule has 4 heterocycles. The number of allylic oxidation sites excluding steroid dienone is 7. The van der Waals surface area contributed by atoms with Crippen molar-refractivity contribution in [2.75, 3.05) is 0 Å². The van der Waals surface area contributed by atoms with Crippen LogP contribution in [0.3, 0.4) is 0 Å². The fourth-order valence-electron chi connectivity index (χ4n) is 6.25. The Balaban J connectivity index is 1.35. The first-order valence-electron chi connectivity index (χ1n) is 15.1. The van der Waals surface area contributed by atoms with Gasteiger partial charge in [-0.15, -0.1) is 29.5 Å². The Kier molecular flexibility index (Phi) is 9.51. The maximum Gasteiger partial charge on any atom is 0.109 e. The van der Waals surface area contributed by atoms with Gasteiger partial charge in [0.1, 0.15) is 6.04 Å². The maximum absolute atomic E-state index is 6.24. The number of hydrogen-bond acceptors (Lipinski definition) is 3. The van der Waals surface area contributed by atoms with Crippen molar-refractivity contribution in [3.63, 3.8) is 0 Å². The highest BCUT2D eigenvalue weighted by atomic mass is 32.2. The number of thioether (sulfide) groups is 1. The minimum absolute atomic E-state index is 0.105. The van der Waals surface area contributed by atoms with Crippen LogP contribution in [0.4, 0.5) is 0 Å². The molecule has 0 bridgehead atoms. The van der Waals surface area contributed by atoms with Crippen molar-refractivity contribution in [2.24, 2.45) is 11.8 Å². The highest BCUT2D eigenvalue weighted by Gasteiger charge is 2.42. The third-order valence-electron chi connectivity index (χ3n) is 8.34. The molecule has 3 aromatic rings. The number of para-hydroxylation sites is 1. The fraction of sp³-hybridized carbons (Fsp3) is 0.316. The number of nitrogens with zero attached hydrogens (tertiary/aromatic N) is 2. The number of hydrogen-bond donors (Lipinski definition) is 0. The van der Waals surface area contributed by atoms with Gasteiger partial charge in [-0.25, -0.2) is 0 Å². The second kappa shape index (κ2) is 13.3. The number of aromatic nitrogens is 1. The smallest absolute Gasteiger partial charge is 0.109 e. The van der Waals surface area contributed by atoms with Crippen LogP contribution >= 0.6 is 23.1 Å². The lowest BCUT2D eigenvalue weighted by atomic mass is 9.95. The largest absolute Gasteiger partial charge is 0.349 e. The van der Waals surface area contributed by atoms with Gasteiger partial charge >= 0.3 is 0 Å². The number of terminal acetylenes is 1. The molecule has 4 atom stereocenters. The SMILES string of the molecule is C#CC(/C=C\C(CC)C(=C)/C=C\C(=C)n1c2ccccc2c2sccc21)N1C(C/C=C\C(C)C)=C(CC)C2SC=CC21. The molecule has 216 valence electrons. The topological polar surface area (TPSA) is 8.17 Å². The first kappa shape index (κ1) is 30.1. The highest BCUT2D eigenvalue weighted by Crippen LogP contribution is 2.46. The molecule has 42 heavy (non-hydrogen) atoms. The van der Waals surface area contributed by atoms with Crippen LogP contribution < -0.4 is 0 Å². The molecule has 2 aromatic heterocycles. The second-order valence-corrected chi connectivity index (χ2v) is 13.4. The summed E-state index contributed by atoms with van der Waals surface area (Å²) in [5.74, 6) is 3.85. The molecule has 0 amide bonds. The van der Waals surface area contributed by atoms with Gasteiger partial charge in [0.2, 0.25) is 0 Å². The number of benzene rings is 1. The summed E-state index contributed by atoms with van der Waals surface area (Å²) in [5, 5.41) is 6.13. The van der Waals surface area contributed by atoms with Crippen LogP contribution in [0.1, 0.15) is 47.0 Å². The van der Waals surface area contributed by atoms with Gasteiger partial charge in [-0.2, -0.15) is 0 Å². The lowest BCUT2D eigenvalue weighted by Gasteiger charge is -2.32. The van der Waals surface area contributed by atoms with E-state index in [0.717, 1.165) is 30.5 Å². The molecule has 2 aliphatic rings. The third kappa shape index (κ3) is 5.78. The molecular weight excluding hydrogens is 549 g/mol. The van der Waals surface area contributed by atoms with E-state index < -0.39 is 0 Å². The Morgan fingerprint density at radius 3 is 2.62 bits per heavy atom.